The topological polar surface area (TPSA) is 82.2 Å². The lowest BCUT2D eigenvalue weighted by Crippen LogP contribution is -2.47. The number of hydrogen-bond donors (Lipinski definition) is 2. The van der Waals surface area contributed by atoms with Crippen LogP contribution in [0.3, 0.4) is 0 Å². The Kier molecular flexibility index (Phi) is 8.21. The summed E-state index contributed by atoms with van der Waals surface area (Å²) in [6.45, 7) is 8.56. The van der Waals surface area contributed by atoms with Crippen molar-refractivity contribution in [3.8, 4) is 17.0 Å². The van der Waals surface area contributed by atoms with Crippen molar-refractivity contribution >= 4 is 46.5 Å². The molecule has 2 aromatic carbocycles. The molecule has 2 aliphatic heterocycles. The van der Waals surface area contributed by atoms with E-state index < -0.39 is 0 Å². The molecular formula is C28H33Cl2N7O. The van der Waals surface area contributed by atoms with Crippen LogP contribution in [0, 0.1) is 12.8 Å². The molecule has 0 atom stereocenters. The molecule has 200 valence electrons. The monoisotopic (exact) mass is 553 g/mol. The number of benzene rings is 2. The molecule has 2 N–H and O–H groups in total. The fourth-order valence-corrected chi connectivity index (χ4v) is 5.52. The highest BCUT2D eigenvalue weighted by atomic mass is 35.5. The first kappa shape index (κ1) is 26.5. The lowest BCUT2D eigenvalue weighted by molar-refractivity contribution is 0.215. The second kappa shape index (κ2) is 11.8. The number of aryl methyl sites for hydroxylation is 1. The maximum Gasteiger partial charge on any atom is 0.186 e. The zero-order chi connectivity index (χ0) is 25.2. The highest BCUT2D eigenvalue weighted by Crippen LogP contribution is 2.34. The van der Waals surface area contributed by atoms with E-state index in [0.717, 1.165) is 79.1 Å². The number of aromatic amines is 1. The van der Waals surface area contributed by atoms with Gasteiger partial charge in [0.15, 0.2) is 5.65 Å². The number of ether oxygens (including phenoxy) is 1. The Labute approximate surface area is 234 Å². The van der Waals surface area contributed by atoms with Gasteiger partial charge in [-0.2, -0.15) is 5.10 Å². The van der Waals surface area contributed by atoms with Crippen LogP contribution in [-0.2, 0) is 0 Å². The zero-order valence-corrected chi connectivity index (χ0v) is 23.1. The van der Waals surface area contributed by atoms with E-state index in [2.05, 4.69) is 61.5 Å². The number of piperidine rings is 1. The van der Waals surface area contributed by atoms with Gasteiger partial charge in [-0.25, -0.2) is 9.97 Å². The van der Waals surface area contributed by atoms with E-state index in [9.17, 15) is 0 Å². The van der Waals surface area contributed by atoms with Crippen LogP contribution in [-0.4, -0.2) is 66.0 Å². The fourth-order valence-electron chi connectivity index (χ4n) is 5.35. The molecule has 6 rings (SSSR count). The predicted octanol–water partition coefficient (Wildman–Crippen LogP) is 5.11. The summed E-state index contributed by atoms with van der Waals surface area (Å²) in [4.78, 5) is 13.9. The summed E-state index contributed by atoms with van der Waals surface area (Å²) in [7, 11) is 0. The minimum absolute atomic E-state index is 0. The average molecular weight is 555 g/mol. The first-order chi connectivity index (χ1) is 18.2. The van der Waals surface area contributed by atoms with E-state index in [0.29, 0.717) is 11.6 Å². The molecule has 4 aromatic rings. The molecule has 2 saturated heterocycles. The molecule has 2 aromatic heterocycles. The maximum absolute atomic E-state index is 6.28. The van der Waals surface area contributed by atoms with Crippen LogP contribution in [0.5, 0.6) is 5.75 Å². The second-order valence-electron chi connectivity index (χ2n) is 9.93. The maximum atomic E-state index is 6.28. The van der Waals surface area contributed by atoms with Crippen molar-refractivity contribution < 1.29 is 4.74 Å². The molecule has 0 radical (unpaired) electrons. The van der Waals surface area contributed by atoms with Crippen molar-refractivity contribution in [2.45, 2.75) is 19.8 Å². The van der Waals surface area contributed by atoms with E-state index in [-0.39, 0.29) is 12.4 Å². The Morgan fingerprint density at radius 3 is 2.47 bits per heavy atom. The average Bonchev–Trinajstić information content (AvgIpc) is 3.39. The Morgan fingerprint density at radius 1 is 0.974 bits per heavy atom. The number of anilines is 2. The van der Waals surface area contributed by atoms with E-state index in [1.807, 2.05) is 18.2 Å². The highest BCUT2D eigenvalue weighted by Gasteiger charge is 2.24. The molecule has 8 nitrogen and oxygen atoms in total. The van der Waals surface area contributed by atoms with Gasteiger partial charge in [0.2, 0.25) is 0 Å². The SMILES string of the molecule is Cc1ccc(Cl)cc1N1CCN(c2ncnc3n[nH]c(-c4ccc(OCC5CCNCC5)cc4)c23)CC1.Cl. The van der Waals surface area contributed by atoms with Gasteiger partial charge in [0.05, 0.1) is 17.7 Å². The van der Waals surface area contributed by atoms with E-state index in [1.165, 1.54) is 24.1 Å². The van der Waals surface area contributed by atoms with Gasteiger partial charge in [0.25, 0.3) is 0 Å². The summed E-state index contributed by atoms with van der Waals surface area (Å²) in [5.41, 5.74) is 5.10. The first-order valence-electron chi connectivity index (χ1n) is 13.0. The van der Waals surface area contributed by atoms with Gasteiger partial charge in [-0.1, -0.05) is 17.7 Å². The van der Waals surface area contributed by atoms with E-state index in [4.69, 9.17) is 21.3 Å². The van der Waals surface area contributed by atoms with Gasteiger partial charge >= 0.3 is 0 Å². The lowest BCUT2D eigenvalue weighted by atomic mass is 9.99. The predicted molar refractivity (Wildman–Crippen MR) is 156 cm³/mol. The Bertz CT molecular complexity index is 1360. The zero-order valence-electron chi connectivity index (χ0n) is 21.5. The summed E-state index contributed by atoms with van der Waals surface area (Å²) in [6.07, 6.45) is 3.95. The Balaban J connectivity index is 0.00000294. The van der Waals surface area contributed by atoms with Gasteiger partial charge < -0.3 is 19.9 Å². The molecule has 38 heavy (non-hydrogen) atoms. The van der Waals surface area contributed by atoms with Crippen molar-refractivity contribution in [3.63, 3.8) is 0 Å². The van der Waals surface area contributed by atoms with Crippen LogP contribution in [0.25, 0.3) is 22.3 Å². The van der Waals surface area contributed by atoms with Gasteiger partial charge in [0, 0.05) is 42.5 Å². The van der Waals surface area contributed by atoms with Gasteiger partial charge in [-0.3, -0.25) is 5.10 Å². The Hall–Kier alpha value is -3.07. The molecule has 0 spiro atoms. The number of nitrogens with one attached hydrogen (secondary N) is 2. The quantitative estimate of drug-likeness (QED) is 0.343. The Morgan fingerprint density at radius 2 is 1.71 bits per heavy atom. The van der Waals surface area contributed by atoms with Crippen LogP contribution in [0.15, 0.2) is 48.8 Å². The third-order valence-electron chi connectivity index (χ3n) is 7.51. The highest BCUT2D eigenvalue weighted by molar-refractivity contribution is 6.30. The lowest BCUT2D eigenvalue weighted by Gasteiger charge is -2.37. The number of aromatic nitrogens is 4. The van der Waals surface area contributed by atoms with Crippen molar-refractivity contribution in [1.29, 1.82) is 0 Å². The second-order valence-corrected chi connectivity index (χ2v) is 10.4. The summed E-state index contributed by atoms with van der Waals surface area (Å²) < 4.78 is 6.09. The molecule has 0 unspecified atom stereocenters. The van der Waals surface area contributed by atoms with Crippen LogP contribution in [0.2, 0.25) is 5.02 Å². The molecule has 4 heterocycles. The molecule has 0 bridgehead atoms. The van der Waals surface area contributed by atoms with Crippen LogP contribution < -0.4 is 19.9 Å². The first-order valence-corrected chi connectivity index (χ1v) is 13.4. The van der Waals surface area contributed by atoms with Crippen LogP contribution >= 0.6 is 24.0 Å². The summed E-state index contributed by atoms with van der Waals surface area (Å²) in [6, 6.07) is 14.3. The summed E-state index contributed by atoms with van der Waals surface area (Å²) in [5, 5.41) is 12.8. The molecule has 0 aliphatic carbocycles. The molecule has 2 fully saturated rings. The van der Waals surface area contributed by atoms with Gasteiger partial charge in [-0.05, 0) is 80.7 Å². The molecular weight excluding hydrogens is 521 g/mol. The van der Waals surface area contributed by atoms with Gasteiger partial charge in [0.1, 0.15) is 17.9 Å². The van der Waals surface area contributed by atoms with Crippen molar-refractivity contribution in [3.05, 3.63) is 59.4 Å². The van der Waals surface area contributed by atoms with Crippen molar-refractivity contribution in [2.24, 2.45) is 5.92 Å². The number of nitrogens with zero attached hydrogens (tertiary/aromatic N) is 5. The standard InChI is InChI=1S/C28H32ClN7O.ClH/c1-19-2-5-22(29)16-24(19)35-12-14-36(15-13-35)28-25-26(33-34-27(25)31-18-32-28)21-3-6-23(7-4-21)37-17-20-8-10-30-11-9-20;/h2-7,16,18,20,30H,8-15,17H2,1H3,(H,31,32,33,34);1H. The van der Waals surface area contributed by atoms with Crippen LogP contribution in [0.4, 0.5) is 11.5 Å². The van der Waals surface area contributed by atoms with Crippen LogP contribution in [0.1, 0.15) is 18.4 Å². The number of halogens is 2. The van der Waals surface area contributed by atoms with E-state index >= 15 is 0 Å². The summed E-state index contributed by atoms with van der Waals surface area (Å²) in [5.74, 6) is 2.44. The molecule has 0 amide bonds. The normalized spacial score (nSPS) is 16.5. The summed E-state index contributed by atoms with van der Waals surface area (Å²) >= 11 is 6.28. The minimum Gasteiger partial charge on any atom is -0.493 e. The van der Waals surface area contributed by atoms with Crippen molar-refractivity contribution in [1.82, 2.24) is 25.5 Å². The number of rotatable bonds is 6. The molecule has 0 saturated carbocycles. The number of fused-ring (bicyclic) bond motifs is 1. The smallest absolute Gasteiger partial charge is 0.186 e. The largest absolute Gasteiger partial charge is 0.493 e. The third kappa shape index (κ3) is 5.53. The number of H-pyrrole nitrogens is 1. The van der Waals surface area contributed by atoms with Gasteiger partial charge in [-0.15, -0.1) is 12.4 Å². The van der Waals surface area contributed by atoms with E-state index in [1.54, 1.807) is 6.33 Å². The fraction of sp³-hybridized carbons (Fsp3) is 0.393. The number of piperazine rings is 1. The number of hydrogen-bond acceptors (Lipinski definition) is 7. The third-order valence-corrected chi connectivity index (χ3v) is 7.74. The molecule has 10 heteroatoms. The molecule has 2 aliphatic rings. The minimum atomic E-state index is 0. The van der Waals surface area contributed by atoms with Crippen molar-refractivity contribution in [2.75, 3.05) is 55.7 Å².